The van der Waals surface area contributed by atoms with Gasteiger partial charge in [0.05, 0.1) is 53.1 Å². The van der Waals surface area contributed by atoms with Crippen LogP contribution in [0.15, 0.2) is 53.6 Å². The number of para-hydroxylation sites is 1. The fourth-order valence-corrected chi connectivity index (χ4v) is 9.08. The molecule has 2 unspecified atom stereocenters. The summed E-state index contributed by atoms with van der Waals surface area (Å²) >= 11 is 6.54. The largest absolute Gasteiger partial charge is 0.489 e. The van der Waals surface area contributed by atoms with E-state index in [-0.39, 0.29) is 16.0 Å². The van der Waals surface area contributed by atoms with Crippen LogP contribution in [0.2, 0.25) is 5.02 Å². The van der Waals surface area contributed by atoms with Gasteiger partial charge in [0.1, 0.15) is 10.8 Å². The lowest BCUT2D eigenvalue weighted by atomic mass is 9.69. The molecule has 2 atom stereocenters. The third-order valence-electron chi connectivity index (χ3n) is 11.0. The molecule has 2 aromatic carbocycles. The molecule has 1 saturated heterocycles. The Bertz CT molecular complexity index is 1850. The molecule has 268 valence electrons. The van der Waals surface area contributed by atoms with Crippen molar-refractivity contribution in [2.45, 2.75) is 114 Å². The fraction of sp³-hybridized carbons (Fsp3) is 0.538. The topological polar surface area (TPSA) is 106 Å². The van der Waals surface area contributed by atoms with Crippen molar-refractivity contribution in [1.29, 1.82) is 0 Å². The number of nitrogens with one attached hydrogen (secondary N) is 2. The Morgan fingerprint density at radius 2 is 1.70 bits per heavy atom. The molecule has 3 heterocycles. The van der Waals surface area contributed by atoms with E-state index in [0.29, 0.717) is 41.5 Å². The fourth-order valence-electron chi connectivity index (χ4n) is 7.74. The van der Waals surface area contributed by atoms with Crippen molar-refractivity contribution in [2.24, 2.45) is 11.8 Å². The van der Waals surface area contributed by atoms with Crippen molar-refractivity contribution < 1.29 is 17.9 Å². The first-order valence-electron chi connectivity index (χ1n) is 18.3. The van der Waals surface area contributed by atoms with E-state index in [1.165, 1.54) is 55.9 Å². The van der Waals surface area contributed by atoms with Gasteiger partial charge < -0.3 is 20.1 Å². The van der Waals surface area contributed by atoms with Gasteiger partial charge >= 0.3 is 0 Å². The predicted molar refractivity (Wildman–Crippen MR) is 201 cm³/mol. The molecule has 2 saturated carbocycles. The van der Waals surface area contributed by atoms with Gasteiger partial charge in [0.15, 0.2) is 15.7 Å². The van der Waals surface area contributed by atoms with Crippen molar-refractivity contribution in [3.63, 3.8) is 0 Å². The standard InChI is InChI=1S/C39H50ClN5O4S/c1-23(2)49-36-19-30(28-17-34(26-10-8-11-26)45(29-21-48-22-29)35(18-28)27-12-9-13-27)25(5)16-33(36)43-39-41-20-31(40)38(44-39)42-32-14-6-7-15-37(32)50(46,47)24(3)4/h6-7,14-17,19-20,23-24,26-27,29,34-35H,8-13,18,21-22H2,1-5H3,(H2,41,42,43,44). The maximum absolute atomic E-state index is 13.1. The second-order valence-corrected chi connectivity index (χ2v) is 17.9. The summed E-state index contributed by atoms with van der Waals surface area (Å²) < 4.78 is 38.4. The quantitative estimate of drug-likeness (QED) is 0.190. The minimum atomic E-state index is -3.55. The summed E-state index contributed by atoms with van der Waals surface area (Å²) in [7, 11) is -3.55. The number of aryl methyl sites for hydroxylation is 1. The van der Waals surface area contributed by atoms with E-state index in [2.05, 4.69) is 50.6 Å². The molecule has 2 aliphatic carbocycles. The monoisotopic (exact) mass is 719 g/mol. The van der Waals surface area contributed by atoms with Crippen molar-refractivity contribution in [3.05, 3.63) is 64.8 Å². The maximum atomic E-state index is 13.1. The van der Waals surface area contributed by atoms with Crippen LogP contribution in [0.25, 0.3) is 5.57 Å². The molecule has 4 aliphatic rings. The van der Waals surface area contributed by atoms with E-state index in [9.17, 15) is 8.42 Å². The van der Waals surface area contributed by atoms with Crippen molar-refractivity contribution >= 4 is 50.2 Å². The Balaban J connectivity index is 1.21. The number of halogens is 1. The number of sulfone groups is 1. The number of hydrogen-bond acceptors (Lipinski definition) is 9. The molecule has 3 aromatic rings. The van der Waals surface area contributed by atoms with Crippen LogP contribution in [0.3, 0.4) is 0 Å². The van der Waals surface area contributed by atoms with E-state index in [4.69, 9.17) is 21.1 Å². The zero-order chi connectivity index (χ0) is 35.2. The number of anilines is 4. The predicted octanol–water partition coefficient (Wildman–Crippen LogP) is 8.72. The van der Waals surface area contributed by atoms with Crippen LogP contribution < -0.4 is 15.4 Å². The number of hydrogen-bond donors (Lipinski definition) is 2. The van der Waals surface area contributed by atoms with Crippen LogP contribution in [0, 0.1) is 18.8 Å². The van der Waals surface area contributed by atoms with E-state index in [0.717, 1.165) is 42.6 Å². The zero-order valence-electron chi connectivity index (χ0n) is 29.8. The van der Waals surface area contributed by atoms with Gasteiger partial charge in [-0.1, -0.05) is 42.7 Å². The van der Waals surface area contributed by atoms with Gasteiger partial charge in [-0.15, -0.1) is 0 Å². The molecule has 2 N–H and O–H groups in total. The highest BCUT2D eigenvalue weighted by Gasteiger charge is 2.46. The van der Waals surface area contributed by atoms with Gasteiger partial charge in [0.2, 0.25) is 5.95 Å². The first-order valence-corrected chi connectivity index (χ1v) is 20.2. The summed E-state index contributed by atoms with van der Waals surface area (Å²) in [4.78, 5) is 12.2. The first-order chi connectivity index (χ1) is 24.0. The highest BCUT2D eigenvalue weighted by atomic mass is 35.5. The SMILES string of the molecule is Cc1cc(Nc2ncc(Cl)c(Nc3ccccc3S(=O)(=O)C(C)C)n2)c(OC(C)C)cc1C1=CC(C2CCC2)N(C2COC2)C(C2CCC2)C1. The molecule has 50 heavy (non-hydrogen) atoms. The number of aromatic nitrogens is 2. The highest BCUT2D eigenvalue weighted by molar-refractivity contribution is 7.92. The second-order valence-electron chi connectivity index (χ2n) is 15.0. The normalized spacial score (nSPS) is 22.1. The summed E-state index contributed by atoms with van der Waals surface area (Å²) in [5.41, 5.74) is 4.99. The van der Waals surface area contributed by atoms with Gasteiger partial charge in [0, 0.05) is 12.1 Å². The maximum Gasteiger partial charge on any atom is 0.229 e. The van der Waals surface area contributed by atoms with Crippen molar-refractivity contribution in [3.8, 4) is 5.75 Å². The Morgan fingerprint density at radius 1 is 0.980 bits per heavy atom. The van der Waals surface area contributed by atoms with Gasteiger partial charge in [-0.05, 0) is 120 Å². The Kier molecular flexibility index (Phi) is 10.2. The lowest BCUT2D eigenvalue weighted by Crippen LogP contribution is -2.62. The number of nitrogens with zero attached hydrogens (tertiary/aromatic N) is 3. The Morgan fingerprint density at radius 3 is 2.32 bits per heavy atom. The molecular formula is C39H50ClN5O4S. The number of rotatable bonds is 12. The van der Waals surface area contributed by atoms with Crippen LogP contribution in [0.5, 0.6) is 5.75 Å². The lowest BCUT2D eigenvalue weighted by Gasteiger charge is -2.55. The van der Waals surface area contributed by atoms with Crippen molar-refractivity contribution in [1.82, 2.24) is 14.9 Å². The van der Waals surface area contributed by atoms with Crippen LogP contribution in [-0.4, -0.2) is 66.0 Å². The third kappa shape index (κ3) is 7.01. The van der Waals surface area contributed by atoms with Crippen LogP contribution in [-0.2, 0) is 14.6 Å². The molecule has 3 fully saturated rings. The molecule has 0 radical (unpaired) electrons. The Labute approximate surface area is 302 Å². The molecule has 7 rings (SSSR count). The smallest absolute Gasteiger partial charge is 0.229 e. The van der Waals surface area contributed by atoms with Crippen LogP contribution >= 0.6 is 11.6 Å². The number of benzene rings is 2. The van der Waals surface area contributed by atoms with Gasteiger partial charge in [-0.2, -0.15) is 4.98 Å². The average Bonchev–Trinajstić information content (AvgIpc) is 2.98. The highest BCUT2D eigenvalue weighted by Crippen LogP contribution is 2.48. The van der Waals surface area contributed by atoms with Gasteiger partial charge in [-0.3, -0.25) is 4.90 Å². The van der Waals surface area contributed by atoms with Crippen molar-refractivity contribution in [2.75, 3.05) is 23.8 Å². The molecule has 0 amide bonds. The molecule has 11 heteroatoms. The zero-order valence-corrected chi connectivity index (χ0v) is 31.4. The molecule has 0 spiro atoms. The van der Waals surface area contributed by atoms with Gasteiger partial charge in [-0.25, -0.2) is 13.4 Å². The lowest BCUT2D eigenvalue weighted by molar-refractivity contribution is -0.116. The minimum Gasteiger partial charge on any atom is -0.489 e. The van der Waals surface area contributed by atoms with Gasteiger partial charge in [0.25, 0.3) is 0 Å². The molecule has 1 aromatic heterocycles. The average molecular weight is 720 g/mol. The summed E-state index contributed by atoms with van der Waals surface area (Å²) in [6.07, 6.45) is 13.0. The Hall–Kier alpha value is -3.18. The summed E-state index contributed by atoms with van der Waals surface area (Å²) in [5.74, 6) is 2.80. The first kappa shape index (κ1) is 35.2. The number of ether oxygens (including phenoxy) is 2. The van der Waals surface area contributed by atoms with Crippen LogP contribution in [0.4, 0.5) is 23.1 Å². The van der Waals surface area contributed by atoms with E-state index in [1.54, 1.807) is 38.1 Å². The van der Waals surface area contributed by atoms with E-state index < -0.39 is 15.1 Å². The van der Waals surface area contributed by atoms with E-state index >= 15 is 0 Å². The van der Waals surface area contributed by atoms with E-state index in [1.807, 2.05) is 13.8 Å². The summed E-state index contributed by atoms with van der Waals surface area (Å²) in [6.45, 7) is 11.3. The molecular weight excluding hydrogens is 670 g/mol. The molecule has 9 nitrogen and oxygen atoms in total. The molecule has 2 aliphatic heterocycles. The summed E-state index contributed by atoms with van der Waals surface area (Å²) in [5, 5.41) is 6.23. The third-order valence-corrected chi connectivity index (χ3v) is 13.5. The van der Waals surface area contributed by atoms with Crippen LogP contribution in [0.1, 0.15) is 83.8 Å². The molecule has 0 bridgehead atoms. The minimum absolute atomic E-state index is 0.0474. The second kappa shape index (κ2) is 14.4. The summed E-state index contributed by atoms with van der Waals surface area (Å²) in [6, 6.07) is 12.6.